The van der Waals surface area contributed by atoms with Crippen LogP contribution in [0.1, 0.15) is 29.9 Å². The van der Waals surface area contributed by atoms with Crippen molar-refractivity contribution in [2.24, 2.45) is 0 Å². The number of carbonyl (C=O) groups excluding carboxylic acids is 1. The Morgan fingerprint density at radius 2 is 1.75 bits per heavy atom. The SMILES string of the molecule is CN(CC(C)(C)c1ccccc1)C(=O)c1ccccn1. The van der Waals surface area contributed by atoms with E-state index in [2.05, 4.69) is 31.0 Å². The summed E-state index contributed by atoms with van der Waals surface area (Å²) in [5.74, 6) is -0.0467. The number of carbonyl (C=O) groups is 1. The zero-order chi connectivity index (χ0) is 14.6. The average Bonchev–Trinajstić information content (AvgIpc) is 2.48. The molecule has 2 aromatic rings. The molecule has 20 heavy (non-hydrogen) atoms. The Bertz CT molecular complexity index is 564. The Morgan fingerprint density at radius 3 is 2.35 bits per heavy atom. The van der Waals surface area contributed by atoms with E-state index in [4.69, 9.17) is 0 Å². The van der Waals surface area contributed by atoms with E-state index in [0.717, 1.165) is 0 Å². The molecule has 3 heteroatoms. The molecule has 3 nitrogen and oxygen atoms in total. The summed E-state index contributed by atoms with van der Waals surface area (Å²) in [4.78, 5) is 18.2. The molecule has 0 spiro atoms. The molecule has 0 saturated carbocycles. The lowest BCUT2D eigenvalue weighted by Gasteiger charge is -2.30. The minimum Gasteiger partial charge on any atom is -0.340 e. The van der Waals surface area contributed by atoms with E-state index >= 15 is 0 Å². The Labute approximate surface area is 120 Å². The number of hydrogen-bond acceptors (Lipinski definition) is 2. The van der Waals surface area contributed by atoms with Gasteiger partial charge in [-0.1, -0.05) is 50.2 Å². The molecule has 0 bridgehead atoms. The summed E-state index contributed by atoms with van der Waals surface area (Å²) in [5.41, 5.74) is 1.61. The minimum absolute atomic E-state index is 0.0467. The molecular formula is C17H20N2O. The first kappa shape index (κ1) is 14.3. The van der Waals surface area contributed by atoms with Gasteiger partial charge < -0.3 is 4.90 Å². The predicted octanol–water partition coefficient (Wildman–Crippen LogP) is 3.13. The second kappa shape index (κ2) is 5.87. The molecule has 0 unspecified atom stereocenters. The zero-order valence-electron chi connectivity index (χ0n) is 12.2. The van der Waals surface area contributed by atoms with Crippen LogP contribution in [-0.4, -0.2) is 29.4 Å². The van der Waals surface area contributed by atoms with Crippen LogP contribution in [0, 0.1) is 0 Å². The van der Waals surface area contributed by atoms with E-state index in [0.29, 0.717) is 12.2 Å². The van der Waals surface area contributed by atoms with E-state index in [-0.39, 0.29) is 11.3 Å². The van der Waals surface area contributed by atoms with Gasteiger partial charge in [0.05, 0.1) is 0 Å². The number of hydrogen-bond donors (Lipinski definition) is 0. The van der Waals surface area contributed by atoms with Crippen LogP contribution >= 0.6 is 0 Å². The molecule has 0 atom stereocenters. The first-order valence-electron chi connectivity index (χ1n) is 6.73. The van der Waals surface area contributed by atoms with Crippen LogP contribution in [0.2, 0.25) is 0 Å². The first-order chi connectivity index (χ1) is 9.50. The van der Waals surface area contributed by atoms with E-state index in [9.17, 15) is 4.79 Å². The quantitative estimate of drug-likeness (QED) is 0.853. The summed E-state index contributed by atoms with van der Waals surface area (Å²) >= 11 is 0. The van der Waals surface area contributed by atoms with Gasteiger partial charge in [0, 0.05) is 25.2 Å². The second-order valence-corrected chi connectivity index (χ2v) is 5.63. The van der Waals surface area contributed by atoms with Crippen LogP contribution in [0.4, 0.5) is 0 Å². The van der Waals surface area contributed by atoms with Gasteiger partial charge in [-0.15, -0.1) is 0 Å². The first-order valence-corrected chi connectivity index (χ1v) is 6.73. The summed E-state index contributed by atoms with van der Waals surface area (Å²) in [6.45, 7) is 4.93. The zero-order valence-corrected chi connectivity index (χ0v) is 12.2. The van der Waals surface area contributed by atoms with Crippen molar-refractivity contribution in [1.82, 2.24) is 9.88 Å². The molecule has 0 aliphatic heterocycles. The lowest BCUT2D eigenvalue weighted by atomic mass is 9.84. The van der Waals surface area contributed by atoms with E-state index < -0.39 is 0 Å². The molecule has 0 N–H and O–H groups in total. The minimum atomic E-state index is -0.0968. The normalized spacial score (nSPS) is 11.2. The fourth-order valence-electron chi connectivity index (χ4n) is 2.33. The summed E-state index contributed by atoms with van der Waals surface area (Å²) in [5, 5.41) is 0. The molecule has 0 aliphatic rings. The lowest BCUT2D eigenvalue weighted by Crippen LogP contribution is -2.38. The molecule has 0 fully saturated rings. The van der Waals surface area contributed by atoms with Gasteiger partial charge in [-0.05, 0) is 17.7 Å². The number of rotatable bonds is 4. The van der Waals surface area contributed by atoms with Gasteiger partial charge in [0.25, 0.3) is 5.91 Å². The highest BCUT2D eigenvalue weighted by Gasteiger charge is 2.25. The third-order valence-electron chi connectivity index (χ3n) is 3.42. The maximum absolute atomic E-state index is 12.3. The maximum atomic E-state index is 12.3. The third-order valence-corrected chi connectivity index (χ3v) is 3.42. The van der Waals surface area contributed by atoms with Crippen molar-refractivity contribution in [3.63, 3.8) is 0 Å². The van der Waals surface area contributed by atoms with Gasteiger partial charge >= 0.3 is 0 Å². The lowest BCUT2D eigenvalue weighted by molar-refractivity contribution is 0.0762. The van der Waals surface area contributed by atoms with Crippen molar-refractivity contribution < 1.29 is 4.79 Å². The fourth-order valence-corrected chi connectivity index (χ4v) is 2.33. The standard InChI is InChI=1S/C17H20N2O/c1-17(2,14-9-5-4-6-10-14)13-19(3)16(20)15-11-7-8-12-18-15/h4-12H,13H2,1-3H3. The summed E-state index contributed by atoms with van der Waals surface area (Å²) in [6.07, 6.45) is 1.64. The summed E-state index contributed by atoms with van der Waals surface area (Å²) in [7, 11) is 1.82. The molecule has 2 rings (SSSR count). The highest BCUT2D eigenvalue weighted by Crippen LogP contribution is 2.24. The monoisotopic (exact) mass is 268 g/mol. The number of amides is 1. The van der Waals surface area contributed by atoms with E-state index in [1.54, 1.807) is 17.2 Å². The average molecular weight is 268 g/mol. The molecular weight excluding hydrogens is 248 g/mol. The van der Waals surface area contributed by atoms with Gasteiger partial charge in [0.15, 0.2) is 0 Å². The molecule has 0 saturated heterocycles. The van der Waals surface area contributed by atoms with Crippen molar-refractivity contribution in [1.29, 1.82) is 0 Å². The highest BCUT2D eigenvalue weighted by atomic mass is 16.2. The van der Waals surface area contributed by atoms with Crippen molar-refractivity contribution in [2.75, 3.05) is 13.6 Å². The molecule has 1 aromatic carbocycles. The molecule has 104 valence electrons. The van der Waals surface area contributed by atoms with Crippen LogP contribution in [-0.2, 0) is 5.41 Å². The number of pyridine rings is 1. The van der Waals surface area contributed by atoms with Crippen molar-refractivity contribution in [3.05, 3.63) is 66.0 Å². The largest absolute Gasteiger partial charge is 0.340 e. The van der Waals surface area contributed by atoms with Crippen LogP contribution < -0.4 is 0 Å². The summed E-state index contributed by atoms with van der Waals surface area (Å²) < 4.78 is 0. The molecule has 1 aromatic heterocycles. The highest BCUT2D eigenvalue weighted by molar-refractivity contribution is 5.92. The molecule has 0 aliphatic carbocycles. The number of likely N-dealkylation sites (N-methyl/N-ethyl adjacent to an activating group) is 1. The molecule has 1 heterocycles. The number of aromatic nitrogens is 1. The van der Waals surface area contributed by atoms with Crippen LogP contribution in [0.25, 0.3) is 0 Å². The summed E-state index contributed by atoms with van der Waals surface area (Å²) in [6, 6.07) is 15.6. The predicted molar refractivity (Wildman–Crippen MR) is 80.7 cm³/mol. The Hall–Kier alpha value is -2.16. The van der Waals surface area contributed by atoms with Gasteiger partial charge in [0.1, 0.15) is 5.69 Å². The van der Waals surface area contributed by atoms with E-state index in [1.165, 1.54) is 5.56 Å². The van der Waals surface area contributed by atoms with Crippen LogP contribution in [0.3, 0.4) is 0 Å². The molecule has 1 amide bonds. The van der Waals surface area contributed by atoms with Crippen molar-refractivity contribution in [3.8, 4) is 0 Å². The van der Waals surface area contributed by atoms with Crippen LogP contribution in [0.15, 0.2) is 54.7 Å². The smallest absolute Gasteiger partial charge is 0.272 e. The third kappa shape index (κ3) is 3.23. The maximum Gasteiger partial charge on any atom is 0.272 e. The van der Waals surface area contributed by atoms with Gasteiger partial charge in [-0.2, -0.15) is 0 Å². The Kier molecular flexibility index (Phi) is 4.18. The molecule has 0 radical (unpaired) electrons. The van der Waals surface area contributed by atoms with Crippen LogP contribution in [0.5, 0.6) is 0 Å². The van der Waals surface area contributed by atoms with Gasteiger partial charge in [0.2, 0.25) is 0 Å². The second-order valence-electron chi connectivity index (χ2n) is 5.63. The number of nitrogens with zero attached hydrogens (tertiary/aromatic N) is 2. The Morgan fingerprint density at radius 1 is 1.10 bits per heavy atom. The van der Waals surface area contributed by atoms with Gasteiger partial charge in [-0.3, -0.25) is 9.78 Å². The number of benzene rings is 1. The van der Waals surface area contributed by atoms with Gasteiger partial charge in [-0.25, -0.2) is 0 Å². The Balaban J connectivity index is 2.11. The van der Waals surface area contributed by atoms with Crippen molar-refractivity contribution in [2.45, 2.75) is 19.3 Å². The van der Waals surface area contributed by atoms with E-state index in [1.807, 2.05) is 37.4 Å². The topological polar surface area (TPSA) is 33.2 Å². The van der Waals surface area contributed by atoms with Crippen molar-refractivity contribution >= 4 is 5.91 Å². The fraction of sp³-hybridized carbons (Fsp3) is 0.294.